The van der Waals surface area contributed by atoms with E-state index in [1.165, 1.54) is 5.56 Å². The molecular weight excluding hydrogens is 236 g/mol. The van der Waals surface area contributed by atoms with Crippen LogP contribution in [0.1, 0.15) is 52.5 Å². The molecule has 0 saturated heterocycles. The zero-order valence-electron chi connectivity index (χ0n) is 12.5. The highest BCUT2D eigenvalue weighted by Crippen LogP contribution is 2.23. The molecule has 0 aliphatic carbocycles. The van der Waals surface area contributed by atoms with Crippen LogP contribution in [0, 0.1) is 0 Å². The molecule has 0 atom stereocenters. The van der Waals surface area contributed by atoms with Crippen molar-refractivity contribution in [3.05, 3.63) is 29.8 Å². The van der Waals surface area contributed by atoms with Crippen molar-refractivity contribution in [2.24, 2.45) is 0 Å². The van der Waals surface area contributed by atoms with Crippen molar-refractivity contribution in [1.29, 1.82) is 0 Å². The van der Waals surface area contributed by atoms with Gasteiger partial charge in [-0.05, 0) is 29.5 Å². The number of urea groups is 1. The molecule has 0 radical (unpaired) electrons. The number of anilines is 1. The lowest BCUT2D eigenvalue weighted by Gasteiger charge is -2.19. The molecule has 0 aromatic heterocycles. The van der Waals surface area contributed by atoms with Gasteiger partial charge in [0.1, 0.15) is 0 Å². The Labute approximate surface area is 116 Å². The highest BCUT2D eigenvalue weighted by molar-refractivity contribution is 5.89. The summed E-state index contributed by atoms with van der Waals surface area (Å²) in [4.78, 5) is 11.6. The van der Waals surface area contributed by atoms with E-state index in [2.05, 4.69) is 50.5 Å². The summed E-state index contributed by atoms with van der Waals surface area (Å²) in [6.45, 7) is 9.41. The number of carbonyl (C=O) groups is 1. The second-order valence-electron chi connectivity index (χ2n) is 5.92. The minimum atomic E-state index is -0.125. The topological polar surface area (TPSA) is 41.1 Å². The third-order valence-electron chi connectivity index (χ3n) is 3.07. The average Bonchev–Trinajstić information content (AvgIpc) is 2.34. The molecule has 19 heavy (non-hydrogen) atoms. The maximum Gasteiger partial charge on any atom is 0.319 e. The molecule has 1 aromatic rings. The molecule has 0 heterocycles. The van der Waals surface area contributed by atoms with Gasteiger partial charge in [-0.25, -0.2) is 4.79 Å². The van der Waals surface area contributed by atoms with Crippen molar-refractivity contribution >= 4 is 11.7 Å². The second-order valence-corrected chi connectivity index (χ2v) is 5.92. The SMILES string of the molecule is CCCCCNC(=O)Nc1ccc(C(C)(C)C)cc1. The molecule has 1 rings (SSSR count). The molecule has 2 N–H and O–H groups in total. The summed E-state index contributed by atoms with van der Waals surface area (Å²) in [6.07, 6.45) is 3.35. The summed E-state index contributed by atoms with van der Waals surface area (Å²) in [6, 6.07) is 7.90. The average molecular weight is 262 g/mol. The summed E-state index contributed by atoms with van der Waals surface area (Å²) >= 11 is 0. The van der Waals surface area contributed by atoms with Gasteiger partial charge >= 0.3 is 6.03 Å². The monoisotopic (exact) mass is 262 g/mol. The number of amides is 2. The Bertz CT molecular complexity index is 390. The van der Waals surface area contributed by atoms with E-state index in [-0.39, 0.29) is 11.4 Å². The van der Waals surface area contributed by atoms with Crippen LogP contribution in [0.15, 0.2) is 24.3 Å². The summed E-state index contributed by atoms with van der Waals surface area (Å²) in [7, 11) is 0. The van der Waals surface area contributed by atoms with E-state index in [0.717, 1.165) is 31.5 Å². The molecule has 0 aliphatic heterocycles. The van der Waals surface area contributed by atoms with Crippen LogP contribution >= 0.6 is 0 Å². The van der Waals surface area contributed by atoms with Gasteiger partial charge < -0.3 is 10.6 Å². The molecule has 0 saturated carbocycles. The summed E-state index contributed by atoms with van der Waals surface area (Å²) < 4.78 is 0. The number of carbonyl (C=O) groups excluding carboxylic acids is 1. The molecule has 3 heteroatoms. The quantitative estimate of drug-likeness (QED) is 0.763. The van der Waals surface area contributed by atoms with Gasteiger partial charge in [-0.3, -0.25) is 0 Å². The number of rotatable bonds is 5. The third-order valence-corrected chi connectivity index (χ3v) is 3.07. The van der Waals surface area contributed by atoms with Gasteiger partial charge in [-0.15, -0.1) is 0 Å². The Morgan fingerprint density at radius 2 is 1.74 bits per heavy atom. The summed E-state index contributed by atoms with van der Waals surface area (Å²) in [5, 5.41) is 5.71. The molecular formula is C16H26N2O. The lowest BCUT2D eigenvalue weighted by molar-refractivity contribution is 0.252. The number of benzene rings is 1. The van der Waals surface area contributed by atoms with Gasteiger partial charge in [-0.1, -0.05) is 52.7 Å². The Hall–Kier alpha value is -1.51. The maximum atomic E-state index is 11.6. The molecule has 0 spiro atoms. The van der Waals surface area contributed by atoms with Crippen LogP contribution in [-0.4, -0.2) is 12.6 Å². The fraction of sp³-hybridized carbons (Fsp3) is 0.562. The highest BCUT2D eigenvalue weighted by atomic mass is 16.2. The Balaban J connectivity index is 2.43. The van der Waals surface area contributed by atoms with E-state index in [1.807, 2.05) is 12.1 Å². The first-order valence-electron chi connectivity index (χ1n) is 7.09. The van der Waals surface area contributed by atoms with Gasteiger partial charge in [-0.2, -0.15) is 0 Å². The minimum Gasteiger partial charge on any atom is -0.338 e. The van der Waals surface area contributed by atoms with E-state index < -0.39 is 0 Å². The Morgan fingerprint density at radius 1 is 1.11 bits per heavy atom. The molecule has 0 bridgehead atoms. The zero-order chi connectivity index (χ0) is 14.3. The maximum absolute atomic E-state index is 11.6. The van der Waals surface area contributed by atoms with E-state index in [0.29, 0.717) is 0 Å². The van der Waals surface area contributed by atoms with Crippen LogP contribution in [0.4, 0.5) is 10.5 Å². The Morgan fingerprint density at radius 3 is 2.26 bits per heavy atom. The van der Waals surface area contributed by atoms with Crippen molar-refractivity contribution in [3.63, 3.8) is 0 Å². The number of unbranched alkanes of at least 4 members (excludes halogenated alkanes) is 2. The Kier molecular flexibility index (Phi) is 5.87. The van der Waals surface area contributed by atoms with Crippen molar-refractivity contribution in [1.82, 2.24) is 5.32 Å². The van der Waals surface area contributed by atoms with Crippen LogP contribution < -0.4 is 10.6 Å². The lowest BCUT2D eigenvalue weighted by atomic mass is 9.87. The predicted molar refractivity (Wildman–Crippen MR) is 81.7 cm³/mol. The fourth-order valence-corrected chi connectivity index (χ4v) is 1.81. The third kappa shape index (κ3) is 5.77. The zero-order valence-corrected chi connectivity index (χ0v) is 12.5. The molecule has 0 unspecified atom stereocenters. The molecule has 3 nitrogen and oxygen atoms in total. The smallest absolute Gasteiger partial charge is 0.319 e. The molecule has 1 aromatic carbocycles. The van der Waals surface area contributed by atoms with Crippen LogP contribution in [0.5, 0.6) is 0 Å². The molecule has 106 valence electrons. The fourth-order valence-electron chi connectivity index (χ4n) is 1.81. The second kappa shape index (κ2) is 7.17. The summed E-state index contributed by atoms with van der Waals surface area (Å²) in [5.41, 5.74) is 2.24. The van der Waals surface area contributed by atoms with Gasteiger partial charge in [0.05, 0.1) is 0 Å². The van der Waals surface area contributed by atoms with Gasteiger partial charge in [0.2, 0.25) is 0 Å². The number of hydrogen-bond donors (Lipinski definition) is 2. The number of nitrogens with one attached hydrogen (secondary N) is 2. The van der Waals surface area contributed by atoms with E-state index in [1.54, 1.807) is 0 Å². The number of hydrogen-bond acceptors (Lipinski definition) is 1. The lowest BCUT2D eigenvalue weighted by Crippen LogP contribution is -2.29. The van der Waals surface area contributed by atoms with Gasteiger partial charge in [0, 0.05) is 12.2 Å². The van der Waals surface area contributed by atoms with Gasteiger partial charge in [0.15, 0.2) is 0 Å². The van der Waals surface area contributed by atoms with Gasteiger partial charge in [0.25, 0.3) is 0 Å². The van der Waals surface area contributed by atoms with Crippen molar-refractivity contribution < 1.29 is 4.79 Å². The largest absolute Gasteiger partial charge is 0.338 e. The van der Waals surface area contributed by atoms with Crippen molar-refractivity contribution in [2.45, 2.75) is 52.4 Å². The standard InChI is InChI=1S/C16H26N2O/c1-5-6-7-12-17-15(19)18-14-10-8-13(9-11-14)16(2,3)4/h8-11H,5-7,12H2,1-4H3,(H2,17,18,19). The van der Waals surface area contributed by atoms with E-state index in [9.17, 15) is 4.79 Å². The van der Waals surface area contributed by atoms with Crippen LogP contribution in [-0.2, 0) is 5.41 Å². The summed E-state index contributed by atoms with van der Waals surface area (Å²) in [5.74, 6) is 0. The minimum absolute atomic E-state index is 0.125. The first-order chi connectivity index (χ1) is 8.93. The molecule has 0 fully saturated rings. The first-order valence-corrected chi connectivity index (χ1v) is 7.09. The van der Waals surface area contributed by atoms with E-state index in [4.69, 9.17) is 0 Å². The molecule has 2 amide bonds. The van der Waals surface area contributed by atoms with E-state index >= 15 is 0 Å². The molecule has 0 aliphatic rings. The van der Waals surface area contributed by atoms with Crippen LogP contribution in [0.3, 0.4) is 0 Å². The van der Waals surface area contributed by atoms with Crippen molar-refractivity contribution in [2.75, 3.05) is 11.9 Å². The predicted octanol–water partition coefficient (Wildman–Crippen LogP) is 4.30. The van der Waals surface area contributed by atoms with Crippen molar-refractivity contribution in [3.8, 4) is 0 Å². The van der Waals surface area contributed by atoms with Crippen LogP contribution in [0.2, 0.25) is 0 Å². The first kappa shape index (κ1) is 15.5. The highest BCUT2D eigenvalue weighted by Gasteiger charge is 2.13. The van der Waals surface area contributed by atoms with Crippen LogP contribution in [0.25, 0.3) is 0 Å². The normalized spacial score (nSPS) is 11.2.